The first kappa shape index (κ1) is 19.0. The molecule has 7 nitrogen and oxygen atoms in total. The summed E-state index contributed by atoms with van der Waals surface area (Å²) in [6.45, 7) is 9.21. The standard InChI is InChI=1S/C21H27N5O2S/c1-12(27)9-22-18-17-16(23-11-24-18)15-13-8-21(2,3)28-10-14(13)19(25-20(15)29-17)26-6-4-5-7-26/h11-12,27H,4-10H2,1-3H3,(H,22,23,24)/t12-/m1/s1. The maximum Gasteiger partial charge on any atom is 0.147 e. The van der Waals surface area contributed by atoms with Crippen molar-refractivity contribution in [3.05, 3.63) is 17.5 Å². The number of hydrogen-bond donors (Lipinski definition) is 2. The highest BCUT2D eigenvalue weighted by Gasteiger charge is 2.33. The van der Waals surface area contributed by atoms with Crippen LogP contribution in [0.3, 0.4) is 0 Å². The first-order valence-electron chi connectivity index (χ1n) is 10.3. The summed E-state index contributed by atoms with van der Waals surface area (Å²) in [6, 6.07) is 0. The number of rotatable bonds is 4. The van der Waals surface area contributed by atoms with E-state index in [1.54, 1.807) is 24.6 Å². The second-order valence-corrected chi connectivity index (χ2v) is 9.72. The molecule has 0 spiro atoms. The number of thiophene rings is 1. The van der Waals surface area contributed by atoms with Crippen LogP contribution in [0.2, 0.25) is 0 Å². The van der Waals surface area contributed by atoms with Crippen molar-refractivity contribution in [2.24, 2.45) is 0 Å². The molecule has 3 aromatic rings. The van der Waals surface area contributed by atoms with Crippen LogP contribution in [0, 0.1) is 0 Å². The van der Waals surface area contributed by atoms with Crippen molar-refractivity contribution in [2.75, 3.05) is 29.9 Å². The highest BCUT2D eigenvalue weighted by molar-refractivity contribution is 7.26. The van der Waals surface area contributed by atoms with Gasteiger partial charge < -0.3 is 20.1 Å². The van der Waals surface area contributed by atoms with E-state index in [1.807, 2.05) is 0 Å². The molecular weight excluding hydrogens is 386 g/mol. The molecule has 1 atom stereocenters. The Labute approximate surface area is 174 Å². The van der Waals surface area contributed by atoms with Gasteiger partial charge in [0, 0.05) is 37.0 Å². The topological polar surface area (TPSA) is 83.4 Å². The van der Waals surface area contributed by atoms with Gasteiger partial charge in [-0.1, -0.05) is 0 Å². The van der Waals surface area contributed by atoms with Crippen molar-refractivity contribution in [1.29, 1.82) is 0 Å². The van der Waals surface area contributed by atoms with E-state index in [-0.39, 0.29) is 5.60 Å². The van der Waals surface area contributed by atoms with Gasteiger partial charge in [-0.05, 0) is 39.2 Å². The molecule has 0 bridgehead atoms. The number of aromatic nitrogens is 3. The SMILES string of the molecule is C[C@@H](O)CNc1ncnc2c1sc1nc(N3CCCC3)c3c(c12)CC(C)(C)OC3. The van der Waals surface area contributed by atoms with Crippen molar-refractivity contribution in [1.82, 2.24) is 15.0 Å². The number of aliphatic hydroxyl groups is 1. The van der Waals surface area contributed by atoms with Crippen molar-refractivity contribution in [3.63, 3.8) is 0 Å². The molecule has 154 valence electrons. The van der Waals surface area contributed by atoms with Gasteiger partial charge in [0.15, 0.2) is 0 Å². The molecule has 0 radical (unpaired) electrons. The Morgan fingerprint density at radius 2 is 2.07 bits per heavy atom. The molecule has 1 saturated heterocycles. The third-order valence-electron chi connectivity index (χ3n) is 5.78. The molecule has 1 fully saturated rings. The van der Waals surface area contributed by atoms with Crippen LogP contribution in [0.1, 0.15) is 44.7 Å². The largest absolute Gasteiger partial charge is 0.392 e. The lowest BCUT2D eigenvalue weighted by Gasteiger charge is -2.34. The van der Waals surface area contributed by atoms with Crippen LogP contribution in [0.4, 0.5) is 11.6 Å². The van der Waals surface area contributed by atoms with E-state index >= 15 is 0 Å². The fraction of sp³-hybridized carbons (Fsp3) is 0.571. The lowest BCUT2D eigenvalue weighted by Crippen LogP contribution is -2.33. The van der Waals surface area contributed by atoms with E-state index in [0.29, 0.717) is 13.2 Å². The molecule has 0 unspecified atom stereocenters. The van der Waals surface area contributed by atoms with E-state index in [0.717, 1.165) is 51.6 Å². The molecule has 0 saturated carbocycles. The Kier molecular flexibility index (Phi) is 4.60. The number of ether oxygens (including phenoxy) is 1. The Hall–Kier alpha value is -2.03. The molecule has 3 aromatic heterocycles. The Morgan fingerprint density at radius 1 is 1.28 bits per heavy atom. The van der Waals surface area contributed by atoms with Crippen LogP contribution in [0.25, 0.3) is 20.4 Å². The van der Waals surface area contributed by atoms with Gasteiger partial charge in [0.1, 0.15) is 22.8 Å². The first-order chi connectivity index (χ1) is 13.9. The van der Waals surface area contributed by atoms with Crippen LogP contribution in [-0.2, 0) is 17.8 Å². The zero-order valence-electron chi connectivity index (χ0n) is 17.2. The number of aliphatic hydroxyl groups excluding tert-OH is 1. The van der Waals surface area contributed by atoms with Crippen LogP contribution in [0.15, 0.2) is 6.33 Å². The fourth-order valence-corrected chi connectivity index (χ4v) is 5.47. The van der Waals surface area contributed by atoms with Gasteiger partial charge in [-0.25, -0.2) is 15.0 Å². The predicted octanol–water partition coefficient (Wildman–Crippen LogP) is 3.48. The van der Waals surface area contributed by atoms with Gasteiger partial charge in [0.05, 0.1) is 28.5 Å². The summed E-state index contributed by atoms with van der Waals surface area (Å²) in [5.41, 5.74) is 3.27. The normalized spacial score (nSPS) is 19.7. The molecule has 5 rings (SSSR count). The number of hydrogen-bond acceptors (Lipinski definition) is 8. The highest BCUT2D eigenvalue weighted by atomic mass is 32.1. The van der Waals surface area contributed by atoms with Crippen molar-refractivity contribution >= 4 is 43.4 Å². The summed E-state index contributed by atoms with van der Waals surface area (Å²) in [5, 5.41) is 14.1. The number of nitrogens with zero attached hydrogens (tertiary/aromatic N) is 4. The average molecular weight is 414 g/mol. The van der Waals surface area contributed by atoms with E-state index in [1.165, 1.54) is 24.0 Å². The molecule has 0 aromatic carbocycles. The lowest BCUT2D eigenvalue weighted by atomic mass is 9.90. The molecule has 2 N–H and O–H groups in total. The van der Waals surface area contributed by atoms with Gasteiger partial charge in [0.2, 0.25) is 0 Å². The molecular formula is C21H27N5O2S. The van der Waals surface area contributed by atoms with E-state index < -0.39 is 6.10 Å². The minimum absolute atomic E-state index is 0.210. The third-order valence-corrected chi connectivity index (χ3v) is 6.86. The predicted molar refractivity (Wildman–Crippen MR) is 117 cm³/mol. The van der Waals surface area contributed by atoms with Gasteiger partial charge in [-0.2, -0.15) is 0 Å². The zero-order chi connectivity index (χ0) is 20.2. The monoisotopic (exact) mass is 413 g/mol. The Bertz CT molecular complexity index is 1070. The third kappa shape index (κ3) is 3.33. The highest BCUT2D eigenvalue weighted by Crippen LogP contribution is 2.44. The smallest absolute Gasteiger partial charge is 0.147 e. The summed E-state index contributed by atoms with van der Waals surface area (Å²) in [4.78, 5) is 17.6. The van der Waals surface area contributed by atoms with E-state index in [4.69, 9.17) is 9.72 Å². The molecule has 8 heteroatoms. The summed E-state index contributed by atoms with van der Waals surface area (Å²) in [6.07, 6.45) is 4.43. The molecule has 5 heterocycles. The van der Waals surface area contributed by atoms with Crippen LogP contribution >= 0.6 is 11.3 Å². The number of pyridine rings is 1. The lowest BCUT2D eigenvalue weighted by molar-refractivity contribution is -0.0395. The molecule has 2 aliphatic heterocycles. The molecule has 0 aliphatic carbocycles. The van der Waals surface area contributed by atoms with Crippen LogP contribution in [-0.4, -0.2) is 51.4 Å². The summed E-state index contributed by atoms with van der Waals surface area (Å²) in [5.74, 6) is 1.85. The maximum absolute atomic E-state index is 9.66. The van der Waals surface area contributed by atoms with Crippen molar-refractivity contribution in [3.8, 4) is 0 Å². The van der Waals surface area contributed by atoms with Gasteiger partial charge in [0.25, 0.3) is 0 Å². The van der Waals surface area contributed by atoms with Gasteiger partial charge >= 0.3 is 0 Å². The molecule has 2 aliphatic rings. The summed E-state index contributed by atoms with van der Waals surface area (Å²) in [7, 11) is 0. The Morgan fingerprint density at radius 3 is 2.83 bits per heavy atom. The van der Waals surface area contributed by atoms with E-state index in [2.05, 4.69) is 34.0 Å². The number of anilines is 2. The summed E-state index contributed by atoms with van der Waals surface area (Å²) < 4.78 is 7.18. The van der Waals surface area contributed by atoms with Crippen LogP contribution in [0.5, 0.6) is 0 Å². The second kappa shape index (κ2) is 7.04. The van der Waals surface area contributed by atoms with Crippen molar-refractivity contribution in [2.45, 2.75) is 58.3 Å². The summed E-state index contributed by atoms with van der Waals surface area (Å²) >= 11 is 1.64. The first-order valence-corrected chi connectivity index (χ1v) is 11.1. The maximum atomic E-state index is 9.66. The van der Waals surface area contributed by atoms with Gasteiger partial charge in [-0.15, -0.1) is 11.3 Å². The number of nitrogens with one attached hydrogen (secondary N) is 1. The quantitative estimate of drug-likeness (QED) is 0.677. The van der Waals surface area contributed by atoms with Crippen molar-refractivity contribution < 1.29 is 9.84 Å². The molecule has 0 amide bonds. The zero-order valence-corrected chi connectivity index (χ0v) is 18.0. The Balaban J connectivity index is 1.74. The van der Waals surface area contributed by atoms with Crippen LogP contribution < -0.4 is 10.2 Å². The minimum atomic E-state index is -0.444. The van der Waals surface area contributed by atoms with E-state index in [9.17, 15) is 5.11 Å². The average Bonchev–Trinajstić information content (AvgIpc) is 3.32. The fourth-order valence-electron chi connectivity index (χ4n) is 4.35. The molecule has 29 heavy (non-hydrogen) atoms. The van der Waals surface area contributed by atoms with Gasteiger partial charge in [-0.3, -0.25) is 0 Å². The number of fused-ring (bicyclic) bond motifs is 5. The second-order valence-electron chi connectivity index (χ2n) is 8.72. The minimum Gasteiger partial charge on any atom is -0.392 e.